The molecule has 0 aliphatic rings. The van der Waals surface area contributed by atoms with Crippen LogP contribution in [0, 0.1) is 0 Å². The van der Waals surface area contributed by atoms with Gasteiger partial charge in [-0.25, -0.2) is 0 Å². The molecule has 0 aliphatic carbocycles. The highest BCUT2D eigenvalue weighted by atomic mass is 16.5. The fraction of sp³-hybridized carbons (Fsp3) is 0.500. The Kier molecular flexibility index (Phi) is 5.81. The van der Waals surface area contributed by atoms with Crippen LogP contribution in [0.15, 0.2) is 24.3 Å². The first-order valence-corrected chi connectivity index (χ1v) is 5.37. The van der Waals surface area contributed by atoms with Crippen molar-refractivity contribution in [1.29, 1.82) is 0 Å². The summed E-state index contributed by atoms with van der Waals surface area (Å²) in [5.41, 5.74) is 7.76. The number of methoxy groups -OCH3 is 1. The summed E-state index contributed by atoms with van der Waals surface area (Å²) in [7, 11) is 1.73. The number of hydrogen-bond donors (Lipinski definition) is 2. The predicted molar refractivity (Wildman–Crippen MR) is 63.9 cm³/mol. The van der Waals surface area contributed by atoms with Gasteiger partial charge in [0, 0.05) is 19.4 Å². The molecule has 1 aromatic carbocycles. The second-order valence-corrected chi connectivity index (χ2v) is 3.59. The monoisotopic (exact) mass is 208 g/mol. The molecule has 0 spiro atoms. The average molecular weight is 208 g/mol. The van der Waals surface area contributed by atoms with Gasteiger partial charge in [-0.1, -0.05) is 12.1 Å². The first kappa shape index (κ1) is 12.0. The van der Waals surface area contributed by atoms with Gasteiger partial charge in [0.2, 0.25) is 0 Å². The Morgan fingerprint density at radius 1 is 1.20 bits per heavy atom. The Bertz CT molecular complexity index is 259. The van der Waals surface area contributed by atoms with Gasteiger partial charge in [0.05, 0.1) is 0 Å². The van der Waals surface area contributed by atoms with Crippen LogP contribution in [-0.2, 0) is 11.2 Å². The van der Waals surface area contributed by atoms with Crippen LogP contribution in [-0.4, -0.2) is 26.8 Å². The van der Waals surface area contributed by atoms with Gasteiger partial charge in [0.15, 0.2) is 0 Å². The highest BCUT2D eigenvalue weighted by Crippen LogP contribution is 2.05. The van der Waals surface area contributed by atoms with Crippen LogP contribution in [0.4, 0.5) is 5.69 Å². The van der Waals surface area contributed by atoms with Gasteiger partial charge in [-0.15, -0.1) is 0 Å². The summed E-state index contributed by atoms with van der Waals surface area (Å²) in [6.45, 7) is 2.85. The Labute approximate surface area is 91.6 Å². The lowest BCUT2D eigenvalue weighted by Crippen LogP contribution is -2.19. The van der Waals surface area contributed by atoms with Crippen LogP contribution < -0.4 is 11.1 Å². The summed E-state index contributed by atoms with van der Waals surface area (Å²) in [6, 6.07) is 8.04. The molecule has 0 heterocycles. The van der Waals surface area contributed by atoms with E-state index in [1.807, 2.05) is 12.1 Å². The minimum absolute atomic E-state index is 0.826. The molecule has 84 valence electrons. The first-order chi connectivity index (χ1) is 7.33. The Hall–Kier alpha value is -1.06. The number of nitrogens with two attached hydrogens (primary N) is 1. The van der Waals surface area contributed by atoms with Crippen molar-refractivity contribution in [3.8, 4) is 0 Å². The second kappa shape index (κ2) is 7.26. The largest absolute Gasteiger partial charge is 0.399 e. The van der Waals surface area contributed by atoms with Gasteiger partial charge < -0.3 is 15.8 Å². The minimum Gasteiger partial charge on any atom is -0.399 e. The maximum absolute atomic E-state index is 5.61. The number of benzene rings is 1. The van der Waals surface area contributed by atoms with Gasteiger partial charge >= 0.3 is 0 Å². The zero-order chi connectivity index (χ0) is 10.9. The molecule has 0 saturated heterocycles. The van der Waals surface area contributed by atoms with Crippen LogP contribution >= 0.6 is 0 Å². The summed E-state index contributed by atoms with van der Waals surface area (Å²) in [5.74, 6) is 0. The maximum atomic E-state index is 5.61. The standard InChI is InChI=1S/C12H20N2O/c1-15-10-2-8-14-9-7-11-3-5-12(13)6-4-11/h3-6,14H,2,7-10,13H2,1H3. The van der Waals surface area contributed by atoms with Crippen molar-refractivity contribution in [1.82, 2.24) is 5.32 Å². The van der Waals surface area contributed by atoms with Gasteiger partial charge in [-0.3, -0.25) is 0 Å². The zero-order valence-corrected chi connectivity index (χ0v) is 9.33. The van der Waals surface area contributed by atoms with E-state index in [0.29, 0.717) is 0 Å². The van der Waals surface area contributed by atoms with E-state index < -0.39 is 0 Å². The predicted octanol–water partition coefficient (Wildman–Crippen LogP) is 1.44. The van der Waals surface area contributed by atoms with Crippen molar-refractivity contribution in [2.24, 2.45) is 0 Å². The van der Waals surface area contributed by atoms with E-state index in [1.165, 1.54) is 5.56 Å². The van der Waals surface area contributed by atoms with E-state index in [4.69, 9.17) is 10.5 Å². The molecule has 0 atom stereocenters. The minimum atomic E-state index is 0.826. The van der Waals surface area contributed by atoms with Gasteiger partial charge in [0.25, 0.3) is 0 Å². The molecule has 1 aromatic rings. The van der Waals surface area contributed by atoms with Crippen molar-refractivity contribution in [3.05, 3.63) is 29.8 Å². The van der Waals surface area contributed by atoms with E-state index in [-0.39, 0.29) is 0 Å². The lowest BCUT2D eigenvalue weighted by Gasteiger charge is -2.04. The molecule has 3 nitrogen and oxygen atoms in total. The first-order valence-electron chi connectivity index (χ1n) is 5.37. The zero-order valence-electron chi connectivity index (χ0n) is 9.33. The van der Waals surface area contributed by atoms with Crippen LogP contribution in [0.1, 0.15) is 12.0 Å². The molecule has 0 amide bonds. The van der Waals surface area contributed by atoms with Crippen LogP contribution in [0.3, 0.4) is 0 Å². The van der Waals surface area contributed by atoms with Crippen molar-refractivity contribution in [3.63, 3.8) is 0 Å². The summed E-state index contributed by atoms with van der Waals surface area (Å²) in [5, 5.41) is 3.37. The lowest BCUT2D eigenvalue weighted by atomic mass is 10.1. The molecule has 0 aliphatic heterocycles. The van der Waals surface area contributed by atoms with Gasteiger partial charge in [-0.2, -0.15) is 0 Å². The summed E-state index contributed by atoms with van der Waals surface area (Å²) in [6.07, 6.45) is 2.12. The molecule has 0 radical (unpaired) electrons. The molecule has 0 bridgehead atoms. The molecule has 0 unspecified atom stereocenters. The molecule has 3 heteroatoms. The number of nitrogens with one attached hydrogen (secondary N) is 1. The highest BCUT2D eigenvalue weighted by molar-refractivity contribution is 5.39. The SMILES string of the molecule is COCCCNCCc1ccc(N)cc1. The molecule has 0 aromatic heterocycles. The summed E-state index contributed by atoms with van der Waals surface area (Å²) in [4.78, 5) is 0. The number of ether oxygens (including phenoxy) is 1. The van der Waals surface area contributed by atoms with Crippen LogP contribution in [0.25, 0.3) is 0 Å². The Morgan fingerprint density at radius 3 is 2.60 bits per heavy atom. The lowest BCUT2D eigenvalue weighted by molar-refractivity contribution is 0.194. The van der Waals surface area contributed by atoms with E-state index in [2.05, 4.69) is 17.4 Å². The number of rotatable bonds is 7. The number of nitrogen functional groups attached to an aromatic ring is 1. The highest BCUT2D eigenvalue weighted by Gasteiger charge is 1.92. The molecular weight excluding hydrogens is 188 g/mol. The van der Waals surface area contributed by atoms with Crippen molar-refractivity contribution in [2.75, 3.05) is 32.5 Å². The summed E-state index contributed by atoms with van der Waals surface area (Å²) < 4.78 is 4.97. The van der Waals surface area contributed by atoms with Crippen molar-refractivity contribution < 1.29 is 4.74 Å². The second-order valence-electron chi connectivity index (χ2n) is 3.59. The molecule has 3 N–H and O–H groups in total. The molecule has 15 heavy (non-hydrogen) atoms. The smallest absolute Gasteiger partial charge is 0.0474 e. The Morgan fingerprint density at radius 2 is 1.93 bits per heavy atom. The number of hydrogen-bond acceptors (Lipinski definition) is 3. The average Bonchev–Trinajstić information content (AvgIpc) is 2.26. The Balaban J connectivity index is 2.07. The molecule has 1 rings (SSSR count). The third-order valence-electron chi connectivity index (χ3n) is 2.27. The quantitative estimate of drug-likeness (QED) is 0.526. The van der Waals surface area contributed by atoms with Crippen molar-refractivity contribution in [2.45, 2.75) is 12.8 Å². The topological polar surface area (TPSA) is 47.3 Å². The fourth-order valence-corrected chi connectivity index (χ4v) is 1.38. The van der Waals surface area contributed by atoms with Crippen LogP contribution in [0.2, 0.25) is 0 Å². The molecular formula is C12H20N2O. The van der Waals surface area contributed by atoms with Gasteiger partial charge in [-0.05, 0) is 43.6 Å². The normalized spacial score (nSPS) is 10.5. The molecule has 0 saturated carbocycles. The van der Waals surface area contributed by atoms with E-state index in [1.54, 1.807) is 7.11 Å². The number of anilines is 1. The fourth-order valence-electron chi connectivity index (χ4n) is 1.38. The maximum Gasteiger partial charge on any atom is 0.0474 e. The van der Waals surface area contributed by atoms with Crippen LogP contribution in [0.5, 0.6) is 0 Å². The molecule has 0 fully saturated rings. The van der Waals surface area contributed by atoms with E-state index >= 15 is 0 Å². The van der Waals surface area contributed by atoms with Gasteiger partial charge in [0.1, 0.15) is 0 Å². The third kappa shape index (κ3) is 5.40. The van der Waals surface area contributed by atoms with E-state index in [0.717, 1.165) is 38.2 Å². The summed E-state index contributed by atoms with van der Waals surface area (Å²) >= 11 is 0. The third-order valence-corrected chi connectivity index (χ3v) is 2.27. The van der Waals surface area contributed by atoms with E-state index in [9.17, 15) is 0 Å². The van der Waals surface area contributed by atoms with Crippen molar-refractivity contribution >= 4 is 5.69 Å².